The number of hydrogen-bond donors (Lipinski definition) is 1. The SMILES string of the molecule is CCN(CC)CC.CCN1C(=O)C(=Cc2sc(=S)n(CC)c2O)SC1=S. The summed E-state index contributed by atoms with van der Waals surface area (Å²) in [6, 6.07) is 0. The van der Waals surface area contributed by atoms with Gasteiger partial charge in [0.15, 0.2) is 3.95 Å². The number of carbonyl (C=O) groups is 1. The van der Waals surface area contributed by atoms with E-state index in [1.54, 1.807) is 15.5 Å². The van der Waals surface area contributed by atoms with E-state index >= 15 is 0 Å². The normalized spacial score (nSPS) is 15.8. The van der Waals surface area contributed by atoms with Crippen molar-refractivity contribution in [2.45, 2.75) is 41.2 Å². The van der Waals surface area contributed by atoms with Crippen LogP contribution in [0.2, 0.25) is 0 Å². The lowest BCUT2D eigenvalue weighted by molar-refractivity contribution is -0.121. The van der Waals surface area contributed by atoms with E-state index in [1.807, 2.05) is 13.8 Å². The number of amides is 1. The van der Waals surface area contributed by atoms with Crippen LogP contribution in [0.25, 0.3) is 6.08 Å². The minimum absolute atomic E-state index is 0.110. The molecule has 9 heteroatoms. The summed E-state index contributed by atoms with van der Waals surface area (Å²) in [5.41, 5.74) is 0. The zero-order chi connectivity index (χ0) is 19.9. The number of thiazole rings is 1. The molecule has 0 saturated carbocycles. The van der Waals surface area contributed by atoms with Gasteiger partial charge in [0.1, 0.15) is 4.32 Å². The topological polar surface area (TPSA) is 48.7 Å². The second kappa shape index (κ2) is 11.2. The molecular formula is C17H27N3O2S4. The molecular weight excluding hydrogens is 406 g/mol. The van der Waals surface area contributed by atoms with Gasteiger partial charge in [-0.3, -0.25) is 14.3 Å². The zero-order valence-electron chi connectivity index (χ0n) is 15.9. The molecule has 2 heterocycles. The largest absolute Gasteiger partial charge is 0.493 e. The van der Waals surface area contributed by atoms with E-state index in [0.717, 1.165) is 0 Å². The number of rotatable bonds is 6. The maximum Gasteiger partial charge on any atom is 0.266 e. The number of aromatic hydroxyl groups is 1. The Morgan fingerprint density at radius 3 is 2.00 bits per heavy atom. The third-order valence-corrected chi connectivity index (χ3v) is 6.77. The van der Waals surface area contributed by atoms with E-state index in [1.165, 1.54) is 42.7 Å². The van der Waals surface area contributed by atoms with Crippen LogP contribution in [0.4, 0.5) is 0 Å². The van der Waals surface area contributed by atoms with Gasteiger partial charge in [-0.15, -0.1) is 11.3 Å². The second-order valence-electron chi connectivity index (χ2n) is 5.35. The second-order valence-corrected chi connectivity index (χ2v) is 8.70. The van der Waals surface area contributed by atoms with E-state index in [-0.39, 0.29) is 11.8 Å². The summed E-state index contributed by atoms with van der Waals surface area (Å²) in [6.45, 7) is 15.1. The third-order valence-electron chi connectivity index (χ3n) is 4.00. The van der Waals surface area contributed by atoms with Crippen molar-refractivity contribution in [2.75, 3.05) is 26.2 Å². The van der Waals surface area contributed by atoms with Gasteiger partial charge in [-0.1, -0.05) is 44.8 Å². The summed E-state index contributed by atoms with van der Waals surface area (Å²) < 4.78 is 2.78. The van der Waals surface area contributed by atoms with Crippen molar-refractivity contribution in [3.63, 3.8) is 0 Å². The Bertz CT molecular complexity index is 715. The molecule has 5 nitrogen and oxygen atoms in total. The molecule has 1 amide bonds. The molecule has 0 unspecified atom stereocenters. The minimum Gasteiger partial charge on any atom is -0.493 e. The highest BCUT2D eigenvalue weighted by molar-refractivity contribution is 8.26. The Labute approximate surface area is 174 Å². The van der Waals surface area contributed by atoms with Crippen LogP contribution < -0.4 is 0 Å². The van der Waals surface area contributed by atoms with E-state index in [9.17, 15) is 9.90 Å². The molecule has 146 valence electrons. The average Bonchev–Trinajstić information content (AvgIpc) is 3.05. The van der Waals surface area contributed by atoms with E-state index in [4.69, 9.17) is 24.4 Å². The first kappa shape index (κ1) is 23.3. The Kier molecular flexibility index (Phi) is 10.0. The fourth-order valence-electron chi connectivity index (χ4n) is 2.35. The standard InChI is InChI=1S/C11H12N2O2S4.C6H15N/c1-3-12-8(14)6(18-10(12)16)5-7-9(15)13(4-2)11(17)19-7;1-4-7(5-2)6-3/h5,14H,3-4H2,1-2H3;4-6H2,1-3H3. The maximum atomic E-state index is 12.1. The predicted molar refractivity (Wildman–Crippen MR) is 119 cm³/mol. The quantitative estimate of drug-likeness (QED) is 0.524. The van der Waals surface area contributed by atoms with Crippen LogP contribution >= 0.6 is 47.5 Å². The molecule has 1 fully saturated rings. The predicted octanol–water partition coefficient (Wildman–Crippen LogP) is 4.57. The smallest absolute Gasteiger partial charge is 0.266 e. The van der Waals surface area contributed by atoms with Crippen molar-refractivity contribution in [1.82, 2.24) is 14.4 Å². The van der Waals surface area contributed by atoms with Gasteiger partial charge in [0, 0.05) is 13.1 Å². The van der Waals surface area contributed by atoms with Crippen LogP contribution in [0.15, 0.2) is 4.91 Å². The summed E-state index contributed by atoms with van der Waals surface area (Å²) in [4.78, 5) is 17.1. The fraction of sp³-hybridized carbons (Fsp3) is 0.588. The number of aromatic nitrogens is 1. The molecule has 2 rings (SSSR count). The molecule has 0 aromatic carbocycles. The Morgan fingerprint density at radius 1 is 1.08 bits per heavy atom. The van der Waals surface area contributed by atoms with Crippen molar-refractivity contribution in [1.29, 1.82) is 0 Å². The van der Waals surface area contributed by atoms with Crippen molar-refractivity contribution < 1.29 is 9.90 Å². The Hall–Kier alpha value is -0.740. The maximum absolute atomic E-state index is 12.1. The summed E-state index contributed by atoms with van der Waals surface area (Å²) >= 11 is 12.8. The van der Waals surface area contributed by atoms with Gasteiger partial charge in [-0.2, -0.15) is 0 Å². The molecule has 0 spiro atoms. The lowest BCUT2D eigenvalue weighted by Crippen LogP contribution is -2.27. The van der Waals surface area contributed by atoms with Crippen molar-refractivity contribution in [2.24, 2.45) is 0 Å². The van der Waals surface area contributed by atoms with Crippen LogP contribution in [-0.2, 0) is 11.3 Å². The van der Waals surface area contributed by atoms with Crippen LogP contribution in [-0.4, -0.2) is 55.9 Å². The molecule has 0 bridgehead atoms. The lowest BCUT2D eigenvalue weighted by atomic mass is 10.4. The van der Waals surface area contributed by atoms with Gasteiger partial charge in [-0.05, 0) is 51.8 Å². The molecule has 1 aliphatic heterocycles. The van der Waals surface area contributed by atoms with Gasteiger partial charge in [0.2, 0.25) is 5.88 Å². The highest BCUT2D eigenvalue weighted by atomic mass is 32.2. The number of likely N-dealkylation sites (N-methyl/N-ethyl adjacent to an activating group) is 1. The lowest BCUT2D eigenvalue weighted by Gasteiger charge is -2.13. The first-order valence-corrected chi connectivity index (χ1v) is 11.2. The first-order chi connectivity index (χ1) is 12.3. The zero-order valence-corrected chi connectivity index (χ0v) is 19.2. The Morgan fingerprint density at radius 2 is 1.65 bits per heavy atom. The molecule has 0 aliphatic carbocycles. The molecule has 1 aromatic rings. The van der Waals surface area contributed by atoms with Crippen molar-refractivity contribution >= 4 is 63.8 Å². The number of carbonyl (C=O) groups excluding carboxylic acids is 1. The summed E-state index contributed by atoms with van der Waals surface area (Å²) in [5.74, 6) is -0.00136. The monoisotopic (exact) mass is 433 g/mol. The molecule has 1 aromatic heterocycles. The molecule has 0 atom stereocenters. The fourth-order valence-corrected chi connectivity index (χ4v) is 5.17. The van der Waals surface area contributed by atoms with Gasteiger partial charge >= 0.3 is 0 Å². The molecule has 1 saturated heterocycles. The van der Waals surface area contributed by atoms with E-state index < -0.39 is 0 Å². The summed E-state index contributed by atoms with van der Waals surface area (Å²) in [7, 11) is 0. The number of thiocarbonyl (C=S) groups is 1. The van der Waals surface area contributed by atoms with Gasteiger partial charge in [0.05, 0.1) is 9.78 Å². The van der Waals surface area contributed by atoms with E-state index in [0.29, 0.717) is 31.1 Å². The molecule has 26 heavy (non-hydrogen) atoms. The van der Waals surface area contributed by atoms with Gasteiger partial charge < -0.3 is 10.0 Å². The number of thioether (sulfide) groups is 1. The van der Waals surface area contributed by atoms with Crippen LogP contribution in [0.1, 0.15) is 39.5 Å². The van der Waals surface area contributed by atoms with Gasteiger partial charge in [0.25, 0.3) is 5.91 Å². The number of hydrogen-bond acceptors (Lipinski definition) is 7. The van der Waals surface area contributed by atoms with Crippen molar-refractivity contribution in [3.05, 3.63) is 13.7 Å². The van der Waals surface area contributed by atoms with Crippen molar-refractivity contribution in [3.8, 4) is 5.88 Å². The van der Waals surface area contributed by atoms with Crippen LogP contribution in [0, 0.1) is 3.95 Å². The number of nitrogens with zero attached hydrogens (tertiary/aromatic N) is 3. The Balaban J connectivity index is 0.000000412. The first-order valence-electron chi connectivity index (χ1n) is 8.74. The third kappa shape index (κ3) is 5.63. The van der Waals surface area contributed by atoms with E-state index in [2.05, 4.69) is 25.7 Å². The highest BCUT2D eigenvalue weighted by Gasteiger charge is 2.31. The van der Waals surface area contributed by atoms with Gasteiger partial charge in [-0.25, -0.2) is 0 Å². The minimum atomic E-state index is -0.112. The molecule has 0 radical (unpaired) electrons. The molecule has 1 N–H and O–H groups in total. The van der Waals surface area contributed by atoms with Crippen LogP contribution in [0.5, 0.6) is 5.88 Å². The van der Waals surface area contributed by atoms with Crippen LogP contribution in [0.3, 0.4) is 0 Å². The summed E-state index contributed by atoms with van der Waals surface area (Å²) in [5, 5.41) is 10.0. The summed E-state index contributed by atoms with van der Waals surface area (Å²) in [6.07, 6.45) is 1.66. The highest BCUT2D eigenvalue weighted by Crippen LogP contribution is 2.36. The molecule has 1 aliphatic rings. The average molecular weight is 434 g/mol.